The Balaban J connectivity index is 1.55. The number of aryl methyl sites for hydroxylation is 1. The Morgan fingerprint density at radius 3 is 2.66 bits per heavy atom. The number of fused-ring (bicyclic) bond motifs is 1. The second kappa shape index (κ2) is 8.07. The van der Waals surface area contributed by atoms with Gasteiger partial charge in [-0.25, -0.2) is 9.78 Å². The molecule has 1 aliphatic heterocycles. The van der Waals surface area contributed by atoms with E-state index in [1.165, 1.54) is 0 Å². The van der Waals surface area contributed by atoms with Crippen molar-refractivity contribution in [3.63, 3.8) is 0 Å². The van der Waals surface area contributed by atoms with Gasteiger partial charge in [-0.15, -0.1) is 0 Å². The summed E-state index contributed by atoms with van der Waals surface area (Å²) in [6.45, 7) is 5.23. The van der Waals surface area contributed by atoms with E-state index < -0.39 is 5.97 Å². The minimum absolute atomic E-state index is 0.148. The molecule has 0 radical (unpaired) electrons. The lowest BCUT2D eigenvalue weighted by molar-refractivity contribution is -0.135. The molecule has 3 heterocycles. The van der Waals surface area contributed by atoms with Crippen LogP contribution in [0.25, 0.3) is 22.4 Å². The van der Waals surface area contributed by atoms with Gasteiger partial charge in [0.1, 0.15) is 11.5 Å². The van der Waals surface area contributed by atoms with Crippen molar-refractivity contribution in [1.29, 1.82) is 0 Å². The Hall–Kier alpha value is -3.15. The summed E-state index contributed by atoms with van der Waals surface area (Å²) in [7, 11) is 0. The van der Waals surface area contributed by atoms with Gasteiger partial charge in [-0.2, -0.15) is 0 Å². The average Bonchev–Trinajstić information content (AvgIpc) is 3.18. The zero-order chi connectivity index (χ0) is 20.4. The van der Waals surface area contributed by atoms with Crippen LogP contribution in [0.2, 0.25) is 0 Å². The second-order valence-electron chi connectivity index (χ2n) is 7.62. The highest BCUT2D eigenvalue weighted by molar-refractivity contribution is 6.05. The Kier molecular flexibility index (Phi) is 5.34. The highest BCUT2D eigenvalue weighted by Crippen LogP contribution is 2.26. The fourth-order valence-corrected chi connectivity index (χ4v) is 3.60. The summed E-state index contributed by atoms with van der Waals surface area (Å²) >= 11 is 0. The summed E-state index contributed by atoms with van der Waals surface area (Å²) in [5.41, 5.74) is 1.60. The quantitative estimate of drug-likeness (QED) is 0.622. The molecule has 1 amide bonds. The molecule has 29 heavy (non-hydrogen) atoms. The molecule has 2 aromatic heterocycles. The number of hydrogen-bond donors (Lipinski definition) is 0. The Morgan fingerprint density at radius 1 is 1.17 bits per heavy atom. The first kappa shape index (κ1) is 19.2. The molecule has 4 rings (SSSR count). The number of nitrogens with zero attached hydrogens (tertiary/aromatic N) is 2. The predicted molar refractivity (Wildman–Crippen MR) is 109 cm³/mol. The number of likely N-dealkylation sites (tertiary alicyclic amines) is 1. The van der Waals surface area contributed by atoms with Gasteiger partial charge in [0.15, 0.2) is 12.4 Å². The number of piperidine rings is 1. The molecule has 3 aromatic rings. The number of hydrogen-bond acceptors (Lipinski definition) is 5. The minimum Gasteiger partial charge on any atom is -0.460 e. The van der Waals surface area contributed by atoms with Crippen molar-refractivity contribution >= 4 is 22.8 Å². The van der Waals surface area contributed by atoms with Crippen LogP contribution < -0.4 is 0 Å². The van der Waals surface area contributed by atoms with Crippen molar-refractivity contribution in [2.24, 2.45) is 5.92 Å². The van der Waals surface area contributed by atoms with Crippen molar-refractivity contribution in [3.8, 4) is 11.5 Å². The van der Waals surface area contributed by atoms with Gasteiger partial charge in [0.25, 0.3) is 5.91 Å². The summed E-state index contributed by atoms with van der Waals surface area (Å²) in [6.07, 6.45) is 1.97. The Morgan fingerprint density at radius 2 is 1.93 bits per heavy atom. The number of furan rings is 1. The van der Waals surface area contributed by atoms with E-state index in [4.69, 9.17) is 9.15 Å². The van der Waals surface area contributed by atoms with Crippen LogP contribution in [-0.2, 0) is 9.53 Å². The molecule has 1 aliphatic rings. The van der Waals surface area contributed by atoms with Gasteiger partial charge < -0.3 is 14.1 Å². The predicted octanol–water partition coefficient (Wildman–Crippen LogP) is 4.22. The zero-order valence-corrected chi connectivity index (χ0v) is 16.7. The largest absolute Gasteiger partial charge is 0.460 e. The van der Waals surface area contributed by atoms with Crippen molar-refractivity contribution < 1.29 is 18.7 Å². The second-order valence-corrected chi connectivity index (χ2v) is 7.62. The number of para-hydroxylation sites is 1. The van der Waals surface area contributed by atoms with Gasteiger partial charge in [0.2, 0.25) is 0 Å². The molecule has 0 bridgehead atoms. The summed E-state index contributed by atoms with van der Waals surface area (Å²) in [5.74, 6) is 1.30. The number of rotatable bonds is 4. The topological polar surface area (TPSA) is 72.6 Å². The Bertz CT molecular complexity index is 1050. The SMILES string of the molecule is Cc1ccc(-c2cc(C(=O)OCC(=O)N3CCC(C)CC3)c3ccccc3n2)o1. The smallest absolute Gasteiger partial charge is 0.339 e. The number of pyridine rings is 1. The molecule has 0 atom stereocenters. The average molecular weight is 392 g/mol. The lowest BCUT2D eigenvalue weighted by atomic mass is 9.99. The number of carbonyl (C=O) groups is 2. The van der Waals surface area contributed by atoms with E-state index in [0.717, 1.165) is 31.7 Å². The lowest BCUT2D eigenvalue weighted by Crippen LogP contribution is -2.40. The normalized spacial score (nSPS) is 14.9. The van der Waals surface area contributed by atoms with E-state index in [2.05, 4.69) is 11.9 Å². The van der Waals surface area contributed by atoms with Gasteiger partial charge >= 0.3 is 5.97 Å². The van der Waals surface area contributed by atoms with E-state index in [-0.39, 0.29) is 12.5 Å². The molecule has 150 valence electrons. The maximum Gasteiger partial charge on any atom is 0.339 e. The van der Waals surface area contributed by atoms with E-state index in [1.54, 1.807) is 11.0 Å². The molecular formula is C23H24N2O4. The first-order valence-electron chi connectivity index (χ1n) is 9.93. The van der Waals surface area contributed by atoms with Crippen LogP contribution in [0.3, 0.4) is 0 Å². The molecular weight excluding hydrogens is 368 g/mol. The van der Waals surface area contributed by atoms with Crippen LogP contribution in [0.4, 0.5) is 0 Å². The van der Waals surface area contributed by atoms with E-state index in [0.29, 0.717) is 33.8 Å². The van der Waals surface area contributed by atoms with Gasteiger partial charge in [-0.1, -0.05) is 25.1 Å². The summed E-state index contributed by atoms with van der Waals surface area (Å²) < 4.78 is 11.0. The fraction of sp³-hybridized carbons (Fsp3) is 0.348. The molecule has 0 aliphatic carbocycles. The molecule has 1 saturated heterocycles. The monoisotopic (exact) mass is 392 g/mol. The van der Waals surface area contributed by atoms with Crippen molar-refractivity contribution in [1.82, 2.24) is 9.88 Å². The van der Waals surface area contributed by atoms with Gasteiger partial charge in [-0.3, -0.25) is 4.79 Å². The molecule has 1 aromatic carbocycles. The van der Waals surface area contributed by atoms with Crippen LogP contribution >= 0.6 is 0 Å². The van der Waals surface area contributed by atoms with Crippen molar-refractivity contribution in [3.05, 3.63) is 53.8 Å². The molecule has 0 spiro atoms. The fourth-order valence-electron chi connectivity index (χ4n) is 3.60. The number of carbonyl (C=O) groups excluding carboxylic acids is 2. The highest BCUT2D eigenvalue weighted by Gasteiger charge is 2.22. The number of benzene rings is 1. The van der Waals surface area contributed by atoms with E-state index in [1.807, 2.05) is 43.3 Å². The van der Waals surface area contributed by atoms with Crippen molar-refractivity contribution in [2.45, 2.75) is 26.7 Å². The Labute approximate surface area is 169 Å². The third kappa shape index (κ3) is 4.16. The molecule has 1 fully saturated rings. The van der Waals surface area contributed by atoms with Gasteiger partial charge in [0.05, 0.1) is 11.1 Å². The van der Waals surface area contributed by atoms with Crippen LogP contribution in [0.1, 0.15) is 35.9 Å². The van der Waals surface area contributed by atoms with E-state index >= 15 is 0 Å². The van der Waals surface area contributed by atoms with Gasteiger partial charge in [0, 0.05) is 18.5 Å². The number of aromatic nitrogens is 1. The van der Waals surface area contributed by atoms with E-state index in [9.17, 15) is 9.59 Å². The standard InChI is InChI=1S/C23H24N2O4/c1-15-9-11-25(12-10-15)22(26)14-28-23(27)18-13-20(21-8-7-16(2)29-21)24-19-6-4-3-5-17(18)19/h3-8,13,15H,9-12,14H2,1-2H3. The van der Waals surface area contributed by atoms with Crippen LogP contribution in [0.15, 0.2) is 46.9 Å². The number of ether oxygens (including phenoxy) is 1. The first-order valence-corrected chi connectivity index (χ1v) is 9.93. The van der Waals surface area contributed by atoms with Gasteiger partial charge in [-0.05, 0) is 49.9 Å². The zero-order valence-electron chi connectivity index (χ0n) is 16.7. The maximum atomic E-state index is 12.8. The first-order chi connectivity index (χ1) is 14.0. The van der Waals surface area contributed by atoms with Crippen LogP contribution in [-0.4, -0.2) is 41.5 Å². The number of amides is 1. The third-order valence-corrected chi connectivity index (χ3v) is 5.39. The molecule has 0 N–H and O–H groups in total. The third-order valence-electron chi connectivity index (χ3n) is 5.39. The molecule has 0 unspecified atom stereocenters. The lowest BCUT2D eigenvalue weighted by Gasteiger charge is -2.30. The molecule has 6 nitrogen and oxygen atoms in total. The summed E-state index contributed by atoms with van der Waals surface area (Å²) in [4.78, 5) is 31.6. The van der Waals surface area contributed by atoms with Crippen molar-refractivity contribution in [2.75, 3.05) is 19.7 Å². The highest BCUT2D eigenvalue weighted by atomic mass is 16.5. The number of esters is 1. The maximum absolute atomic E-state index is 12.8. The summed E-state index contributed by atoms with van der Waals surface area (Å²) in [6, 6.07) is 12.7. The van der Waals surface area contributed by atoms with Crippen LogP contribution in [0.5, 0.6) is 0 Å². The molecule has 0 saturated carbocycles. The minimum atomic E-state index is -0.535. The summed E-state index contributed by atoms with van der Waals surface area (Å²) in [5, 5.41) is 0.684. The van der Waals surface area contributed by atoms with Crippen LogP contribution in [0, 0.1) is 12.8 Å². The molecule has 6 heteroatoms.